The Morgan fingerprint density at radius 1 is 0.827 bits per heavy atom. The van der Waals surface area contributed by atoms with Crippen molar-refractivity contribution in [3.8, 4) is 5.75 Å². The lowest BCUT2D eigenvalue weighted by Gasteiger charge is -2.44. The zero-order chi connectivity index (χ0) is 54.0. The van der Waals surface area contributed by atoms with E-state index in [0.717, 1.165) is 33.5 Å². The van der Waals surface area contributed by atoms with Gasteiger partial charge in [0, 0.05) is 85.5 Å². The summed E-state index contributed by atoms with van der Waals surface area (Å²) in [6.07, 6.45) is 13.6. The molecule has 3 aromatic rings. The Morgan fingerprint density at radius 2 is 1.51 bits per heavy atom. The number of hydrogen-bond acceptors (Lipinski definition) is 14. The van der Waals surface area contributed by atoms with Gasteiger partial charge >= 0.3 is 5.97 Å². The van der Waals surface area contributed by atoms with Crippen molar-refractivity contribution in [2.24, 2.45) is 0 Å². The molecule has 0 saturated carbocycles. The number of benzene rings is 3. The first-order valence-electron chi connectivity index (χ1n) is 24.9. The fourth-order valence-corrected chi connectivity index (χ4v) is 10.8. The number of allylic oxidation sites excluding steroid dienone is 8. The highest BCUT2D eigenvalue weighted by Gasteiger charge is 2.48. The number of hydroxylamine groups is 2. The molecule has 2 N–H and O–H groups in total. The number of ether oxygens (including phenoxy) is 5. The van der Waals surface area contributed by atoms with Gasteiger partial charge in [-0.2, -0.15) is 21.4 Å². The quantitative estimate of drug-likeness (QED) is 0.0259. The second kappa shape index (κ2) is 24.7. The molecule has 2 amide bonds. The summed E-state index contributed by atoms with van der Waals surface area (Å²) in [4.78, 5) is 44.3. The lowest BCUT2D eigenvalue weighted by Crippen LogP contribution is -2.46. The molecule has 0 radical (unpaired) electrons. The van der Waals surface area contributed by atoms with E-state index in [1.54, 1.807) is 13.2 Å². The van der Waals surface area contributed by atoms with Crippen molar-refractivity contribution in [2.75, 3.05) is 77.1 Å². The molecule has 3 aromatic carbocycles. The van der Waals surface area contributed by atoms with Crippen LogP contribution in [-0.4, -0.2) is 137 Å². The van der Waals surface area contributed by atoms with Gasteiger partial charge in [0.15, 0.2) is 5.71 Å². The van der Waals surface area contributed by atoms with E-state index in [1.807, 2.05) is 72.2 Å². The van der Waals surface area contributed by atoms with Crippen LogP contribution in [0.5, 0.6) is 5.75 Å². The zero-order valence-corrected chi connectivity index (χ0v) is 44.6. The predicted octanol–water partition coefficient (Wildman–Crippen LogP) is 7.67. The van der Waals surface area contributed by atoms with Gasteiger partial charge in [-0.3, -0.25) is 18.7 Å². The Morgan fingerprint density at radius 3 is 2.17 bits per heavy atom. The fraction of sp³-hybridized carbons (Fsp3) is 0.418. The minimum atomic E-state index is -4.66. The Balaban J connectivity index is 1.17. The first kappa shape index (κ1) is 56.6. The number of nitrogens with zero attached hydrogens (tertiary/aromatic N) is 3. The van der Waals surface area contributed by atoms with E-state index in [9.17, 15) is 40.3 Å². The number of hydrogen-bond donors (Lipinski definition) is 2. The number of fused-ring (bicyclic) bond motifs is 3. The lowest BCUT2D eigenvalue weighted by atomic mass is 9.75. The van der Waals surface area contributed by atoms with Crippen LogP contribution in [0.3, 0.4) is 0 Å². The Hall–Kier alpha value is -6.10. The summed E-state index contributed by atoms with van der Waals surface area (Å²) in [5.41, 5.74) is 6.04. The largest absolute Gasteiger partial charge is 0.456 e. The van der Waals surface area contributed by atoms with Crippen molar-refractivity contribution in [1.29, 1.82) is 0 Å². The van der Waals surface area contributed by atoms with Crippen LogP contribution in [-0.2, 0) is 63.8 Å². The van der Waals surface area contributed by atoms with Crippen molar-refractivity contribution < 1.29 is 73.4 Å². The first-order chi connectivity index (χ1) is 35.7. The minimum Gasteiger partial charge on any atom is -0.456 e. The Bertz CT molecular complexity index is 3030. The third-order valence-corrected chi connectivity index (χ3v) is 15.0. The van der Waals surface area contributed by atoms with Gasteiger partial charge in [0.1, 0.15) is 18.1 Å². The molecule has 75 heavy (non-hydrogen) atoms. The molecule has 18 nitrogen and oxygen atoms in total. The van der Waals surface area contributed by atoms with E-state index in [2.05, 4.69) is 43.9 Å². The Kier molecular flexibility index (Phi) is 18.7. The fourth-order valence-electron chi connectivity index (χ4n) is 9.78. The second-order valence-corrected chi connectivity index (χ2v) is 22.2. The molecule has 20 heteroatoms. The van der Waals surface area contributed by atoms with E-state index in [4.69, 9.17) is 28.5 Å². The first-order valence-corrected chi connectivity index (χ1v) is 27.9. The molecule has 4 aliphatic rings. The number of amides is 2. The van der Waals surface area contributed by atoms with Crippen molar-refractivity contribution in [2.45, 2.75) is 82.1 Å². The van der Waals surface area contributed by atoms with Crippen LogP contribution in [0.1, 0.15) is 88.5 Å². The maximum Gasteiger partial charge on any atom is 0.333 e. The number of methoxy groups -OCH3 is 1. The van der Waals surface area contributed by atoms with Crippen LogP contribution >= 0.6 is 0 Å². The molecule has 7 rings (SSSR count). The topological polar surface area (TPSA) is 225 Å². The minimum absolute atomic E-state index is 0.000615. The number of rotatable bonds is 26. The van der Waals surface area contributed by atoms with Crippen LogP contribution in [0.4, 0.5) is 11.4 Å². The van der Waals surface area contributed by atoms with Crippen molar-refractivity contribution in [1.82, 2.24) is 5.06 Å². The van der Waals surface area contributed by atoms with Crippen LogP contribution in [0, 0.1) is 0 Å². The number of carbonyl (C=O) groups excluding carboxylic acids is 3. The van der Waals surface area contributed by atoms with Gasteiger partial charge in [-0.15, -0.1) is 5.06 Å². The molecule has 0 aromatic heterocycles. The monoisotopic (exact) mass is 1070 g/mol. The molecule has 1 saturated heterocycles. The van der Waals surface area contributed by atoms with Crippen LogP contribution < -0.4 is 9.64 Å². The van der Waals surface area contributed by atoms with Crippen LogP contribution in [0.15, 0.2) is 108 Å². The SMILES string of the molecule is COCCOCCOCCOCCN1c2cc3c(cc2C(C)=CC1(C)C)/C(=C/C=C/C=C/C1=[N+](CCCS(=O)(=O)O)c2ccc(S(=O)(=O)O)cc2C1(C)CCCC(=O)ON1C(=O)CCC1=O)C=C(c1ccccc1)O3. The molecule has 1 atom stereocenters. The van der Waals surface area contributed by atoms with Gasteiger partial charge in [-0.05, 0) is 76.0 Å². The molecule has 0 spiro atoms. The highest BCUT2D eigenvalue weighted by atomic mass is 32.2. The Labute approximate surface area is 439 Å². The summed E-state index contributed by atoms with van der Waals surface area (Å²) in [6.45, 7) is 12.4. The lowest BCUT2D eigenvalue weighted by molar-refractivity contribution is -0.437. The van der Waals surface area contributed by atoms with E-state index in [-0.39, 0.29) is 55.5 Å². The van der Waals surface area contributed by atoms with E-state index < -0.39 is 49.2 Å². The summed E-state index contributed by atoms with van der Waals surface area (Å²) in [6, 6.07) is 18.2. The van der Waals surface area contributed by atoms with E-state index >= 15 is 0 Å². The highest BCUT2D eigenvalue weighted by Crippen LogP contribution is 2.47. The highest BCUT2D eigenvalue weighted by molar-refractivity contribution is 7.86. The number of imide groups is 1. The number of carbonyl (C=O) groups is 3. The number of anilines is 1. The van der Waals surface area contributed by atoms with Gasteiger partial charge in [-0.1, -0.05) is 60.7 Å². The maximum atomic E-state index is 12.9. The molecular weight excluding hydrogens is 1010 g/mol. The standard InChI is InChI=1S/C55H65N3O15S2/c1-39-38-54(2,3)57(25-26-69-29-30-71-32-31-70-28-27-68-5)47-37-49-44(36-43(39)47)41(34-48(72-49)40-14-8-6-9-15-40)16-10-7-11-17-50-55(4,23-12-18-53(61)73-58-51(59)21-22-52(58)60)45-35-42(75(65,66)67)19-20-46(45)56(50)24-13-33-74(62,63)64/h6-11,14-17,19-20,34-38H,12-13,18,21-33H2,1-5H3,(H-,62,63,64,65,66,67)/p+1. The summed E-state index contributed by atoms with van der Waals surface area (Å²) in [5, 5.41) is 0.478. The summed E-state index contributed by atoms with van der Waals surface area (Å²) in [7, 11) is -7.36. The molecule has 0 bridgehead atoms. The predicted molar refractivity (Wildman–Crippen MR) is 283 cm³/mol. The van der Waals surface area contributed by atoms with E-state index in [1.165, 1.54) is 18.2 Å². The summed E-state index contributed by atoms with van der Waals surface area (Å²) in [5.74, 6) is -1.25. The van der Waals surface area contributed by atoms with Gasteiger partial charge in [0.05, 0.1) is 67.9 Å². The molecule has 0 aliphatic carbocycles. The summed E-state index contributed by atoms with van der Waals surface area (Å²) < 4.78 is 99.1. The summed E-state index contributed by atoms with van der Waals surface area (Å²) >= 11 is 0. The molecule has 1 fully saturated rings. The van der Waals surface area contributed by atoms with Gasteiger partial charge < -0.3 is 33.4 Å². The molecular formula is C55H66N3O15S2+. The average molecular weight is 1070 g/mol. The van der Waals surface area contributed by atoms with Crippen LogP contribution in [0.2, 0.25) is 0 Å². The van der Waals surface area contributed by atoms with E-state index in [0.29, 0.717) is 86.3 Å². The van der Waals surface area contributed by atoms with Crippen LogP contribution in [0.25, 0.3) is 16.9 Å². The normalized spacial score (nSPS) is 18.9. The van der Waals surface area contributed by atoms with Gasteiger partial charge in [0.25, 0.3) is 32.1 Å². The second-order valence-electron chi connectivity index (χ2n) is 19.2. The maximum absolute atomic E-state index is 12.9. The third kappa shape index (κ3) is 14.2. The third-order valence-electron chi connectivity index (χ3n) is 13.4. The zero-order valence-electron chi connectivity index (χ0n) is 43.0. The molecule has 1 unspecified atom stereocenters. The van der Waals surface area contributed by atoms with Crippen molar-refractivity contribution in [3.63, 3.8) is 0 Å². The van der Waals surface area contributed by atoms with Gasteiger partial charge in [-0.25, -0.2) is 4.79 Å². The van der Waals surface area contributed by atoms with Crippen molar-refractivity contribution in [3.05, 3.63) is 125 Å². The average Bonchev–Trinajstić information content (AvgIpc) is 3.79. The van der Waals surface area contributed by atoms with Crippen molar-refractivity contribution >= 4 is 72.0 Å². The molecule has 4 heterocycles. The molecule has 402 valence electrons. The smallest absolute Gasteiger partial charge is 0.333 e. The van der Waals surface area contributed by atoms with Gasteiger partial charge in [0.2, 0.25) is 5.69 Å². The molecule has 4 aliphatic heterocycles.